The predicted octanol–water partition coefficient (Wildman–Crippen LogP) is 2.79. The zero-order chi connectivity index (χ0) is 16.3. The van der Waals surface area contributed by atoms with E-state index in [1.165, 1.54) is 28.2 Å². The molecule has 1 aromatic heterocycles. The third-order valence-electron chi connectivity index (χ3n) is 2.99. The van der Waals surface area contributed by atoms with Crippen LogP contribution < -0.4 is 11.2 Å². The van der Waals surface area contributed by atoms with E-state index in [4.69, 9.17) is 17.4 Å². The number of hydrogen-bond acceptors (Lipinski definition) is 6. The van der Waals surface area contributed by atoms with Crippen molar-refractivity contribution in [3.8, 4) is 0 Å². The van der Waals surface area contributed by atoms with Gasteiger partial charge >= 0.3 is 0 Å². The summed E-state index contributed by atoms with van der Waals surface area (Å²) in [7, 11) is 0. The van der Waals surface area contributed by atoms with E-state index in [9.17, 15) is 4.79 Å². The third kappa shape index (κ3) is 3.68. The highest BCUT2D eigenvalue weighted by Crippen LogP contribution is 2.26. The number of amides is 1. The molecule has 0 spiro atoms. The lowest BCUT2D eigenvalue weighted by atomic mass is 10.2. The van der Waals surface area contributed by atoms with Gasteiger partial charge in [0.25, 0.3) is 0 Å². The van der Waals surface area contributed by atoms with Crippen molar-refractivity contribution in [1.82, 2.24) is 14.9 Å². The SMILES string of the molecule is CSc1nnc(SC(C)C(=O)Nc2cccc(Cl)c2C)n1N. The van der Waals surface area contributed by atoms with Gasteiger partial charge in [0, 0.05) is 10.7 Å². The minimum atomic E-state index is -0.375. The molecule has 1 aromatic carbocycles. The second-order valence-electron chi connectivity index (χ2n) is 4.50. The van der Waals surface area contributed by atoms with Crippen LogP contribution in [0.5, 0.6) is 0 Å². The van der Waals surface area contributed by atoms with Crippen LogP contribution in [0.25, 0.3) is 0 Å². The van der Waals surface area contributed by atoms with Crippen molar-refractivity contribution in [2.75, 3.05) is 17.4 Å². The summed E-state index contributed by atoms with van der Waals surface area (Å²) < 4.78 is 1.38. The van der Waals surface area contributed by atoms with E-state index in [1.807, 2.05) is 19.2 Å². The number of hydrogen-bond donors (Lipinski definition) is 2. The number of aromatic nitrogens is 3. The van der Waals surface area contributed by atoms with Crippen LogP contribution in [-0.2, 0) is 4.79 Å². The standard InChI is InChI=1S/C13H16ClN5OS2/c1-7-9(14)5-4-6-10(7)16-11(20)8(2)22-13-18-17-12(21-3)19(13)15/h4-6,8H,15H2,1-3H3,(H,16,20). The number of anilines is 1. The molecular formula is C13H16ClN5OS2. The Kier molecular flexibility index (Phi) is 5.60. The van der Waals surface area contributed by atoms with E-state index in [0.717, 1.165) is 5.56 Å². The monoisotopic (exact) mass is 357 g/mol. The number of nitrogen functional groups attached to an aromatic ring is 1. The van der Waals surface area contributed by atoms with Gasteiger partial charge in [0.2, 0.25) is 16.2 Å². The van der Waals surface area contributed by atoms with Crippen LogP contribution >= 0.6 is 35.1 Å². The Morgan fingerprint density at radius 2 is 2.09 bits per heavy atom. The quantitative estimate of drug-likeness (QED) is 0.632. The maximum Gasteiger partial charge on any atom is 0.237 e. The molecule has 1 amide bonds. The molecule has 0 aliphatic carbocycles. The summed E-state index contributed by atoms with van der Waals surface area (Å²) >= 11 is 8.69. The van der Waals surface area contributed by atoms with Crippen LogP contribution in [0.15, 0.2) is 28.5 Å². The number of carbonyl (C=O) groups excluding carboxylic acids is 1. The van der Waals surface area contributed by atoms with E-state index < -0.39 is 0 Å². The molecule has 1 heterocycles. The van der Waals surface area contributed by atoms with E-state index in [2.05, 4.69) is 15.5 Å². The second kappa shape index (κ2) is 7.26. The first-order valence-electron chi connectivity index (χ1n) is 6.41. The number of thioether (sulfide) groups is 2. The molecule has 0 bridgehead atoms. The molecule has 0 aliphatic rings. The number of benzene rings is 1. The molecule has 0 radical (unpaired) electrons. The molecule has 0 fully saturated rings. The van der Waals surface area contributed by atoms with Crippen molar-refractivity contribution in [1.29, 1.82) is 0 Å². The van der Waals surface area contributed by atoms with Gasteiger partial charge in [-0.25, -0.2) is 4.68 Å². The summed E-state index contributed by atoms with van der Waals surface area (Å²) in [4.78, 5) is 12.3. The first-order chi connectivity index (χ1) is 10.4. The minimum absolute atomic E-state index is 0.149. The Bertz CT molecular complexity index is 691. The number of nitrogens with zero attached hydrogens (tertiary/aromatic N) is 3. The number of rotatable bonds is 5. The summed E-state index contributed by atoms with van der Waals surface area (Å²) in [5.41, 5.74) is 1.53. The topological polar surface area (TPSA) is 85.8 Å². The summed E-state index contributed by atoms with van der Waals surface area (Å²) in [6.45, 7) is 3.64. The Morgan fingerprint density at radius 1 is 1.41 bits per heavy atom. The van der Waals surface area contributed by atoms with Gasteiger partial charge in [-0.3, -0.25) is 4.79 Å². The first kappa shape index (κ1) is 17.0. The molecule has 2 rings (SSSR count). The van der Waals surface area contributed by atoms with Gasteiger partial charge < -0.3 is 11.2 Å². The highest BCUT2D eigenvalue weighted by Gasteiger charge is 2.20. The fourth-order valence-electron chi connectivity index (χ4n) is 1.67. The molecule has 3 N–H and O–H groups in total. The fourth-order valence-corrected chi connectivity index (χ4v) is 3.08. The van der Waals surface area contributed by atoms with Gasteiger partial charge in [0.1, 0.15) is 0 Å². The van der Waals surface area contributed by atoms with Crippen molar-refractivity contribution < 1.29 is 4.79 Å². The van der Waals surface area contributed by atoms with Crippen molar-refractivity contribution >= 4 is 46.7 Å². The van der Waals surface area contributed by atoms with Crippen molar-refractivity contribution in [2.45, 2.75) is 29.4 Å². The van der Waals surface area contributed by atoms with E-state index in [0.29, 0.717) is 21.0 Å². The van der Waals surface area contributed by atoms with Crippen molar-refractivity contribution in [3.05, 3.63) is 28.8 Å². The van der Waals surface area contributed by atoms with E-state index in [1.54, 1.807) is 19.1 Å². The largest absolute Gasteiger partial charge is 0.335 e. The van der Waals surface area contributed by atoms with E-state index in [-0.39, 0.29) is 11.2 Å². The van der Waals surface area contributed by atoms with Gasteiger partial charge in [-0.15, -0.1) is 10.2 Å². The number of carbonyl (C=O) groups is 1. The number of nitrogens with one attached hydrogen (secondary N) is 1. The Balaban J connectivity index is 2.06. The zero-order valence-corrected chi connectivity index (χ0v) is 14.7. The van der Waals surface area contributed by atoms with Gasteiger partial charge in [0.05, 0.1) is 5.25 Å². The summed E-state index contributed by atoms with van der Waals surface area (Å²) in [6, 6.07) is 5.39. The number of halogens is 1. The molecule has 0 saturated heterocycles. The number of nitrogens with two attached hydrogens (primary N) is 1. The van der Waals surface area contributed by atoms with Gasteiger partial charge in [0.15, 0.2) is 0 Å². The Labute approximate surface area is 142 Å². The summed E-state index contributed by atoms with van der Waals surface area (Å²) in [5, 5.41) is 12.1. The molecule has 1 unspecified atom stereocenters. The van der Waals surface area contributed by atoms with E-state index >= 15 is 0 Å². The smallest absolute Gasteiger partial charge is 0.237 e. The van der Waals surface area contributed by atoms with Crippen LogP contribution in [0.3, 0.4) is 0 Å². The molecule has 1 atom stereocenters. The minimum Gasteiger partial charge on any atom is -0.335 e. The molecule has 9 heteroatoms. The average molecular weight is 358 g/mol. The Morgan fingerprint density at radius 3 is 2.73 bits per heavy atom. The molecule has 118 valence electrons. The lowest BCUT2D eigenvalue weighted by molar-refractivity contribution is -0.115. The lowest BCUT2D eigenvalue weighted by Gasteiger charge is -2.13. The van der Waals surface area contributed by atoms with Crippen LogP contribution in [0.2, 0.25) is 5.02 Å². The zero-order valence-electron chi connectivity index (χ0n) is 12.3. The maximum absolute atomic E-state index is 12.3. The molecule has 6 nitrogen and oxygen atoms in total. The first-order valence-corrected chi connectivity index (χ1v) is 8.89. The van der Waals surface area contributed by atoms with Crippen LogP contribution in [0.1, 0.15) is 12.5 Å². The fraction of sp³-hybridized carbons (Fsp3) is 0.308. The molecule has 0 aliphatic heterocycles. The van der Waals surface area contributed by atoms with Crippen LogP contribution in [-0.4, -0.2) is 32.3 Å². The van der Waals surface area contributed by atoms with Gasteiger partial charge in [-0.05, 0) is 37.8 Å². The highest BCUT2D eigenvalue weighted by atomic mass is 35.5. The normalized spacial score (nSPS) is 12.2. The van der Waals surface area contributed by atoms with Gasteiger partial charge in [-0.2, -0.15) is 0 Å². The lowest BCUT2D eigenvalue weighted by Crippen LogP contribution is -2.24. The molecular weight excluding hydrogens is 342 g/mol. The molecule has 2 aromatic rings. The summed E-state index contributed by atoms with van der Waals surface area (Å²) in [5.74, 6) is 5.71. The van der Waals surface area contributed by atoms with Crippen LogP contribution in [0, 0.1) is 6.92 Å². The third-order valence-corrected chi connectivity index (χ3v) is 5.10. The average Bonchev–Trinajstić information content (AvgIpc) is 2.84. The van der Waals surface area contributed by atoms with Crippen molar-refractivity contribution in [2.24, 2.45) is 0 Å². The second-order valence-corrected chi connectivity index (χ2v) is 6.99. The highest BCUT2D eigenvalue weighted by molar-refractivity contribution is 8.00. The Hall–Kier alpha value is -1.38. The van der Waals surface area contributed by atoms with Gasteiger partial charge in [-0.1, -0.05) is 41.2 Å². The predicted molar refractivity (Wildman–Crippen MR) is 92.1 cm³/mol. The maximum atomic E-state index is 12.3. The van der Waals surface area contributed by atoms with Crippen LogP contribution in [0.4, 0.5) is 5.69 Å². The summed E-state index contributed by atoms with van der Waals surface area (Å²) in [6.07, 6.45) is 1.86. The van der Waals surface area contributed by atoms with Crippen molar-refractivity contribution in [3.63, 3.8) is 0 Å². The molecule has 22 heavy (non-hydrogen) atoms. The molecule has 0 saturated carbocycles.